The molecule has 1 aromatic rings. The van der Waals surface area contributed by atoms with E-state index in [9.17, 15) is 0 Å². The Balaban J connectivity index is 2.83. The summed E-state index contributed by atoms with van der Waals surface area (Å²) in [6, 6.07) is 8.44. The molecule has 16 heavy (non-hydrogen) atoms. The second-order valence-electron chi connectivity index (χ2n) is 3.84. The summed E-state index contributed by atoms with van der Waals surface area (Å²) in [5.41, 5.74) is 1.63. The van der Waals surface area contributed by atoms with Crippen molar-refractivity contribution in [3.8, 4) is 6.07 Å². The van der Waals surface area contributed by atoms with E-state index in [-0.39, 0.29) is 0 Å². The van der Waals surface area contributed by atoms with Crippen molar-refractivity contribution in [2.24, 2.45) is 0 Å². The molecule has 0 heterocycles. The molecule has 0 saturated carbocycles. The monoisotopic (exact) mass is 280 g/mol. The van der Waals surface area contributed by atoms with Gasteiger partial charge in [-0.2, -0.15) is 5.26 Å². The van der Waals surface area contributed by atoms with Crippen LogP contribution in [0, 0.1) is 11.3 Å². The zero-order valence-corrected chi connectivity index (χ0v) is 11.3. The van der Waals surface area contributed by atoms with Gasteiger partial charge in [-0.15, -0.1) is 0 Å². The van der Waals surface area contributed by atoms with E-state index in [0.29, 0.717) is 11.6 Å². The summed E-state index contributed by atoms with van der Waals surface area (Å²) >= 11 is 3.37. The van der Waals surface area contributed by atoms with Crippen molar-refractivity contribution < 1.29 is 0 Å². The standard InChI is InChI=1S/C13H17BrN2/c1-3-5-12(4-2)16-13-7-6-11(14)8-10(13)9-15/h6-8,12,16H,3-5H2,1-2H3. The molecule has 0 aliphatic heterocycles. The highest BCUT2D eigenvalue weighted by molar-refractivity contribution is 9.10. The highest BCUT2D eigenvalue weighted by Crippen LogP contribution is 2.22. The topological polar surface area (TPSA) is 35.8 Å². The van der Waals surface area contributed by atoms with Crippen LogP contribution in [0.3, 0.4) is 0 Å². The predicted octanol–water partition coefficient (Wildman–Crippen LogP) is 4.31. The van der Waals surface area contributed by atoms with E-state index in [2.05, 4.69) is 41.2 Å². The lowest BCUT2D eigenvalue weighted by Gasteiger charge is -2.18. The number of nitrogens with one attached hydrogen (secondary N) is 1. The van der Waals surface area contributed by atoms with Crippen LogP contribution in [0.25, 0.3) is 0 Å². The van der Waals surface area contributed by atoms with Gasteiger partial charge >= 0.3 is 0 Å². The van der Waals surface area contributed by atoms with Gasteiger partial charge < -0.3 is 5.32 Å². The number of anilines is 1. The lowest BCUT2D eigenvalue weighted by atomic mass is 10.1. The second kappa shape index (κ2) is 6.55. The molecule has 0 aliphatic carbocycles. The smallest absolute Gasteiger partial charge is 0.101 e. The first-order valence-corrected chi connectivity index (χ1v) is 6.46. The second-order valence-corrected chi connectivity index (χ2v) is 4.76. The van der Waals surface area contributed by atoms with Crippen LogP contribution in [-0.2, 0) is 0 Å². The summed E-state index contributed by atoms with van der Waals surface area (Å²) in [7, 11) is 0. The maximum absolute atomic E-state index is 9.05. The van der Waals surface area contributed by atoms with E-state index in [1.807, 2.05) is 18.2 Å². The Morgan fingerprint density at radius 1 is 1.44 bits per heavy atom. The van der Waals surface area contributed by atoms with E-state index >= 15 is 0 Å². The van der Waals surface area contributed by atoms with Crippen LogP contribution in [-0.4, -0.2) is 6.04 Å². The third-order valence-corrected chi connectivity index (χ3v) is 3.08. The molecule has 86 valence electrons. The number of nitriles is 1. The van der Waals surface area contributed by atoms with Gasteiger partial charge in [0.05, 0.1) is 11.3 Å². The van der Waals surface area contributed by atoms with Gasteiger partial charge in [-0.25, -0.2) is 0 Å². The van der Waals surface area contributed by atoms with Crippen LogP contribution in [0.2, 0.25) is 0 Å². The number of hydrogen-bond donors (Lipinski definition) is 1. The lowest BCUT2D eigenvalue weighted by molar-refractivity contribution is 0.622. The zero-order chi connectivity index (χ0) is 12.0. The zero-order valence-electron chi connectivity index (χ0n) is 9.76. The first-order valence-electron chi connectivity index (χ1n) is 5.67. The average Bonchev–Trinajstić information content (AvgIpc) is 2.30. The van der Waals surface area contributed by atoms with Crippen LogP contribution < -0.4 is 5.32 Å². The summed E-state index contributed by atoms with van der Waals surface area (Å²) < 4.78 is 0.943. The number of benzene rings is 1. The minimum atomic E-state index is 0.457. The van der Waals surface area contributed by atoms with Gasteiger partial charge in [0.2, 0.25) is 0 Å². The minimum absolute atomic E-state index is 0.457. The van der Waals surface area contributed by atoms with E-state index in [4.69, 9.17) is 5.26 Å². The molecule has 0 radical (unpaired) electrons. The molecule has 0 bridgehead atoms. The average molecular weight is 281 g/mol. The van der Waals surface area contributed by atoms with Crippen molar-refractivity contribution in [2.75, 3.05) is 5.32 Å². The highest BCUT2D eigenvalue weighted by Gasteiger charge is 2.08. The third-order valence-electron chi connectivity index (χ3n) is 2.59. The molecule has 2 nitrogen and oxygen atoms in total. The molecule has 1 aromatic carbocycles. The molecular weight excluding hydrogens is 264 g/mol. The molecule has 0 aromatic heterocycles. The van der Waals surface area contributed by atoms with Crippen LogP contribution in [0.5, 0.6) is 0 Å². The van der Waals surface area contributed by atoms with Crippen molar-refractivity contribution in [3.63, 3.8) is 0 Å². The Kier molecular flexibility index (Phi) is 5.34. The van der Waals surface area contributed by atoms with Crippen molar-refractivity contribution in [3.05, 3.63) is 28.2 Å². The van der Waals surface area contributed by atoms with Gasteiger partial charge in [-0.3, -0.25) is 0 Å². The number of rotatable bonds is 5. The van der Waals surface area contributed by atoms with Gasteiger partial charge in [0.15, 0.2) is 0 Å². The van der Waals surface area contributed by atoms with E-state index in [0.717, 1.165) is 29.4 Å². The van der Waals surface area contributed by atoms with Crippen LogP contribution in [0.15, 0.2) is 22.7 Å². The van der Waals surface area contributed by atoms with Gasteiger partial charge in [0.1, 0.15) is 6.07 Å². The summed E-state index contributed by atoms with van der Waals surface area (Å²) in [5.74, 6) is 0. The predicted molar refractivity (Wildman–Crippen MR) is 71.5 cm³/mol. The third kappa shape index (κ3) is 3.53. The van der Waals surface area contributed by atoms with E-state index < -0.39 is 0 Å². The fourth-order valence-electron chi connectivity index (χ4n) is 1.68. The van der Waals surface area contributed by atoms with E-state index in [1.54, 1.807) is 0 Å². The largest absolute Gasteiger partial charge is 0.381 e. The molecule has 1 rings (SSSR count). The number of halogens is 1. The van der Waals surface area contributed by atoms with Crippen molar-refractivity contribution in [1.82, 2.24) is 0 Å². The van der Waals surface area contributed by atoms with Crippen molar-refractivity contribution in [1.29, 1.82) is 5.26 Å². The molecule has 0 saturated heterocycles. The quantitative estimate of drug-likeness (QED) is 0.872. The van der Waals surface area contributed by atoms with Crippen LogP contribution in [0.1, 0.15) is 38.7 Å². The molecule has 1 N–H and O–H groups in total. The fraction of sp³-hybridized carbons (Fsp3) is 0.462. The van der Waals surface area contributed by atoms with Crippen LogP contribution >= 0.6 is 15.9 Å². The number of nitrogens with zero attached hydrogens (tertiary/aromatic N) is 1. The summed E-state index contributed by atoms with van der Waals surface area (Å²) in [4.78, 5) is 0. The number of hydrogen-bond acceptors (Lipinski definition) is 2. The Morgan fingerprint density at radius 2 is 2.19 bits per heavy atom. The molecule has 1 atom stereocenters. The maximum Gasteiger partial charge on any atom is 0.101 e. The Hall–Kier alpha value is -1.01. The van der Waals surface area contributed by atoms with Gasteiger partial charge in [0.25, 0.3) is 0 Å². The summed E-state index contributed by atoms with van der Waals surface area (Å²) in [6.45, 7) is 4.34. The molecule has 0 fully saturated rings. The van der Waals surface area contributed by atoms with Crippen molar-refractivity contribution in [2.45, 2.75) is 39.2 Å². The van der Waals surface area contributed by atoms with Crippen molar-refractivity contribution >= 4 is 21.6 Å². The molecule has 3 heteroatoms. The Morgan fingerprint density at radius 3 is 2.75 bits per heavy atom. The first kappa shape index (κ1) is 13.1. The fourth-order valence-corrected chi connectivity index (χ4v) is 2.04. The first-order chi connectivity index (χ1) is 7.71. The summed E-state index contributed by atoms with van der Waals surface area (Å²) in [6.07, 6.45) is 3.37. The van der Waals surface area contributed by atoms with E-state index in [1.165, 1.54) is 0 Å². The normalized spacial score (nSPS) is 11.9. The van der Waals surface area contributed by atoms with Crippen LogP contribution in [0.4, 0.5) is 5.69 Å². The molecular formula is C13H17BrN2. The molecule has 0 aliphatic rings. The maximum atomic E-state index is 9.05. The highest BCUT2D eigenvalue weighted by atomic mass is 79.9. The molecule has 1 unspecified atom stereocenters. The summed E-state index contributed by atoms with van der Waals surface area (Å²) in [5, 5.41) is 12.5. The van der Waals surface area contributed by atoms with Gasteiger partial charge in [-0.1, -0.05) is 36.2 Å². The Labute approximate surface area is 106 Å². The minimum Gasteiger partial charge on any atom is -0.381 e. The molecule has 0 spiro atoms. The lowest BCUT2D eigenvalue weighted by Crippen LogP contribution is -2.18. The van der Waals surface area contributed by atoms with Gasteiger partial charge in [-0.05, 0) is 31.0 Å². The SMILES string of the molecule is CCCC(CC)Nc1ccc(Br)cc1C#N. The molecule has 0 amide bonds. The Bertz CT molecular complexity index is 382. The van der Waals surface area contributed by atoms with Gasteiger partial charge in [0, 0.05) is 10.5 Å².